The molecule has 3 aromatic rings. The predicted molar refractivity (Wildman–Crippen MR) is 95.6 cm³/mol. The molecule has 5 nitrogen and oxygen atoms in total. The molecule has 0 aliphatic carbocycles. The van der Waals surface area contributed by atoms with E-state index in [0.717, 1.165) is 5.56 Å². The number of phenolic OH excluding ortho intramolecular Hbond substituents is 1. The lowest BCUT2D eigenvalue weighted by atomic mass is 10.2. The summed E-state index contributed by atoms with van der Waals surface area (Å²) < 4.78 is 14.3. The second kappa shape index (κ2) is 7.00. The normalized spacial score (nSPS) is 11.2. The molecule has 0 spiro atoms. The van der Waals surface area contributed by atoms with E-state index in [0.29, 0.717) is 12.4 Å². The summed E-state index contributed by atoms with van der Waals surface area (Å²) in [6.07, 6.45) is 0. The molecule has 2 aromatic carbocycles. The van der Waals surface area contributed by atoms with Gasteiger partial charge in [-0.15, -0.1) is 0 Å². The van der Waals surface area contributed by atoms with Crippen molar-refractivity contribution in [3.63, 3.8) is 0 Å². The zero-order valence-electron chi connectivity index (χ0n) is 13.2. The highest BCUT2D eigenvalue weighted by atomic mass is 35.5. The fourth-order valence-electron chi connectivity index (χ4n) is 2.48. The predicted octanol–water partition coefficient (Wildman–Crippen LogP) is 3.37. The number of aromatic nitrogens is 2. The molecular formula is C17H14Cl2FN3O2. The molecule has 0 aliphatic heterocycles. The van der Waals surface area contributed by atoms with Crippen LogP contribution < -0.4 is 10.9 Å². The topological polar surface area (TPSA) is 67.2 Å². The van der Waals surface area contributed by atoms with Crippen molar-refractivity contribution in [1.82, 2.24) is 14.9 Å². The van der Waals surface area contributed by atoms with Crippen LogP contribution in [0.2, 0.25) is 10.0 Å². The minimum atomic E-state index is -0.374. The zero-order valence-corrected chi connectivity index (χ0v) is 14.7. The molecule has 8 heteroatoms. The van der Waals surface area contributed by atoms with Crippen LogP contribution in [0.5, 0.6) is 5.75 Å². The zero-order chi connectivity index (χ0) is 18.1. The third-order valence-electron chi connectivity index (χ3n) is 3.85. The first-order chi connectivity index (χ1) is 11.9. The maximum atomic E-state index is 12.9. The van der Waals surface area contributed by atoms with Crippen molar-refractivity contribution >= 4 is 34.1 Å². The molecule has 2 N–H and O–H groups in total. The number of halogens is 3. The molecule has 1 aromatic heterocycles. The van der Waals surface area contributed by atoms with Gasteiger partial charge in [0, 0.05) is 13.6 Å². The second-order valence-corrected chi connectivity index (χ2v) is 6.35. The SMILES string of the molecule is Cn1c(CNCc2ccc(F)cc2)nc2c(O)c(Cl)cc(Cl)c2c1=O. The standard InChI is InChI=1S/C17H14Cl2FN3O2/c1-23-13(8-21-7-9-2-4-10(20)5-3-9)22-15-14(17(23)25)11(18)6-12(19)16(15)24/h2-6,21,24H,7-8H2,1H3. The van der Waals surface area contributed by atoms with Crippen molar-refractivity contribution in [2.75, 3.05) is 0 Å². The fourth-order valence-corrected chi connectivity index (χ4v) is 3.01. The number of hydrogen-bond donors (Lipinski definition) is 2. The van der Waals surface area contributed by atoms with Crippen molar-refractivity contribution in [3.05, 3.63) is 67.9 Å². The van der Waals surface area contributed by atoms with E-state index in [1.807, 2.05) is 0 Å². The van der Waals surface area contributed by atoms with Crippen LogP contribution in [-0.2, 0) is 20.1 Å². The van der Waals surface area contributed by atoms with Crippen LogP contribution in [0.4, 0.5) is 4.39 Å². The van der Waals surface area contributed by atoms with Crippen molar-refractivity contribution < 1.29 is 9.50 Å². The average molecular weight is 382 g/mol. The summed E-state index contributed by atoms with van der Waals surface area (Å²) in [5.41, 5.74) is 0.584. The third-order valence-corrected chi connectivity index (χ3v) is 4.44. The summed E-state index contributed by atoms with van der Waals surface area (Å²) >= 11 is 12.0. The molecule has 0 bridgehead atoms. The Morgan fingerprint density at radius 2 is 1.88 bits per heavy atom. The maximum absolute atomic E-state index is 12.9. The largest absolute Gasteiger partial charge is 0.504 e. The molecule has 0 aliphatic rings. The number of hydrogen-bond acceptors (Lipinski definition) is 4. The van der Waals surface area contributed by atoms with Gasteiger partial charge in [-0.1, -0.05) is 35.3 Å². The molecule has 25 heavy (non-hydrogen) atoms. The molecule has 0 unspecified atom stereocenters. The number of nitrogens with one attached hydrogen (secondary N) is 1. The van der Waals surface area contributed by atoms with Gasteiger partial charge in [0.1, 0.15) is 17.2 Å². The molecule has 0 amide bonds. The van der Waals surface area contributed by atoms with Gasteiger partial charge in [0.2, 0.25) is 0 Å². The van der Waals surface area contributed by atoms with Crippen molar-refractivity contribution in [3.8, 4) is 5.75 Å². The monoisotopic (exact) mass is 381 g/mol. The number of benzene rings is 2. The summed E-state index contributed by atoms with van der Waals surface area (Å²) in [7, 11) is 1.58. The number of nitrogens with zero attached hydrogens (tertiary/aromatic N) is 2. The Kier molecular flexibility index (Phi) is 4.94. The molecule has 0 radical (unpaired) electrons. The minimum absolute atomic E-state index is 0.0310. The van der Waals surface area contributed by atoms with E-state index in [1.165, 1.54) is 22.8 Å². The molecular weight excluding hydrogens is 368 g/mol. The maximum Gasteiger partial charge on any atom is 0.262 e. The van der Waals surface area contributed by atoms with E-state index in [1.54, 1.807) is 19.2 Å². The van der Waals surface area contributed by atoms with Gasteiger partial charge in [-0.05, 0) is 23.8 Å². The van der Waals surface area contributed by atoms with Crippen molar-refractivity contribution in [2.45, 2.75) is 13.1 Å². The lowest BCUT2D eigenvalue weighted by Gasteiger charge is -2.12. The molecule has 3 rings (SSSR count). The highest BCUT2D eigenvalue weighted by molar-refractivity contribution is 6.39. The first-order valence-electron chi connectivity index (χ1n) is 7.40. The molecule has 0 atom stereocenters. The molecule has 0 saturated carbocycles. The van der Waals surface area contributed by atoms with Crippen molar-refractivity contribution in [2.24, 2.45) is 7.05 Å². The van der Waals surface area contributed by atoms with E-state index in [9.17, 15) is 14.3 Å². The summed E-state index contributed by atoms with van der Waals surface area (Å²) in [5, 5.41) is 13.5. The van der Waals surface area contributed by atoms with Crippen LogP contribution in [0.25, 0.3) is 10.9 Å². The lowest BCUT2D eigenvalue weighted by molar-refractivity contribution is 0.479. The first-order valence-corrected chi connectivity index (χ1v) is 8.16. The Balaban J connectivity index is 1.91. The van der Waals surface area contributed by atoms with Gasteiger partial charge in [0.15, 0.2) is 5.75 Å². The van der Waals surface area contributed by atoms with Crippen LogP contribution in [0.1, 0.15) is 11.4 Å². The Hall–Kier alpha value is -2.15. The fraction of sp³-hybridized carbons (Fsp3) is 0.176. The highest BCUT2D eigenvalue weighted by Crippen LogP contribution is 2.34. The molecule has 0 saturated heterocycles. The Labute approximate surface area is 152 Å². The van der Waals surface area contributed by atoms with E-state index < -0.39 is 0 Å². The van der Waals surface area contributed by atoms with Gasteiger partial charge in [-0.25, -0.2) is 9.37 Å². The molecule has 130 valence electrons. The van der Waals surface area contributed by atoms with E-state index >= 15 is 0 Å². The van der Waals surface area contributed by atoms with Crippen LogP contribution in [0.3, 0.4) is 0 Å². The second-order valence-electron chi connectivity index (χ2n) is 5.53. The summed E-state index contributed by atoms with van der Waals surface area (Å²) in [5.74, 6) is -0.168. The summed E-state index contributed by atoms with van der Waals surface area (Å²) in [6, 6.07) is 7.41. The van der Waals surface area contributed by atoms with Gasteiger partial charge in [-0.3, -0.25) is 9.36 Å². The van der Waals surface area contributed by atoms with Gasteiger partial charge >= 0.3 is 0 Å². The third kappa shape index (κ3) is 3.46. The smallest absolute Gasteiger partial charge is 0.262 e. The Morgan fingerprint density at radius 3 is 2.56 bits per heavy atom. The van der Waals surface area contributed by atoms with E-state index in [-0.39, 0.29) is 44.6 Å². The van der Waals surface area contributed by atoms with Gasteiger partial charge < -0.3 is 10.4 Å². The van der Waals surface area contributed by atoms with Crippen LogP contribution in [0.15, 0.2) is 35.1 Å². The van der Waals surface area contributed by atoms with Gasteiger partial charge in [0.05, 0.1) is 22.0 Å². The van der Waals surface area contributed by atoms with E-state index in [4.69, 9.17) is 23.2 Å². The van der Waals surface area contributed by atoms with Gasteiger partial charge in [-0.2, -0.15) is 0 Å². The first kappa shape index (κ1) is 17.7. The van der Waals surface area contributed by atoms with Crippen LogP contribution in [0, 0.1) is 5.82 Å². The Morgan fingerprint density at radius 1 is 1.20 bits per heavy atom. The number of rotatable bonds is 4. The highest BCUT2D eigenvalue weighted by Gasteiger charge is 2.17. The number of aromatic hydroxyl groups is 1. The quantitative estimate of drug-likeness (QED) is 0.726. The molecule has 0 fully saturated rings. The molecule has 1 heterocycles. The number of fused-ring (bicyclic) bond motifs is 1. The number of phenols is 1. The summed E-state index contributed by atoms with van der Waals surface area (Å²) in [6.45, 7) is 0.735. The van der Waals surface area contributed by atoms with E-state index in [2.05, 4.69) is 10.3 Å². The summed E-state index contributed by atoms with van der Waals surface area (Å²) in [4.78, 5) is 16.8. The van der Waals surface area contributed by atoms with Gasteiger partial charge in [0.25, 0.3) is 5.56 Å². The van der Waals surface area contributed by atoms with Crippen molar-refractivity contribution in [1.29, 1.82) is 0 Å². The Bertz CT molecular complexity index is 1000. The lowest BCUT2D eigenvalue weighted by Crippen LogP contribution is -2.26. The van der Waals surface area contributed by atoms with Crippen LogP contribution >= 0.6 is 23.2 Å². The average Bonchev–Trinajstić information content (AvgIpc) is 2.58. The van der Waals surface area contributed by atoms with Crippen LogP contribution in [-0.4, -0.2) is 14.7 Å². The minimum Gasteiger partial charge on any atom is -0.504 e.